The number of pyridine rings is 1. The second-order valence-electron chi connectivity index (χ2n) is 4.77. The van der Waals surface area contributed by atoms with Crippen molar-refractivity contribution in [1.29, 1.82) is 0 Å². The Labute approximate surface area is 119 Å². The minimum atomic E-state index is -0.713. The van der Waals surface area contributed by atoms with Crippen molar-refractivity contribution in [1.82, 2.24) is 14.8 Å². The summed E-state index contributed by atoms with van der Waals surface area (Å²) in [5.74, 6) is -1.37. The highest BCUT2D eigenvalue weighted by Gasteiger charge is 2.33. The minimum absolute atomic E-state index is 0.0459. The second kappa shape index (κ2) is 3.99. The summed E-state index contributed by atoms with van der Waals surface area (Å²) >= 11 is 0. The number of fused-ring (bicyclic) bond motifs is 2. The van der Waals surface area contributed by atoms with Gasteiger partial charge in [0.15, 0.2) is 11.3 Å². The SMILES string of the molecule is Cc1nn(-c2ccccc2)c2nc3c(cc12)C(=O)OC3=O. The van der Waals surface area contributed by atoms with Gasteiger partial charge < -0.3 is 4.74 Å². The first-order valence-electron chi connectivity index (χ1n) is 6.37. The van der Waals surface area contributed by atoms with Gasteiger partial charge in [0.25, 0.3) is 0 Å². The number of carbonyl (C=O) groups excluding carboxylic acids is 2. The lowest BCUT2D eigenvalue weighted by Crippen LogP contribution is -2.02. The van der Waals surface area contributed by atoms with Crippen LogP contribution in [0.25, 0.3) is 16.7 Å². The smallest absolute Gasteiger partial charge is 0.365 e. The third-order valence-electron chi connectivity index (χ3n) is 3.44. The fourth-order valence-electron chi connectivity index (χ4n) is 2.43. The number of carbonyl (C=O) groups is 2. The van der Waals surface area contributed by atoms with Crippen LogP contribution in [0.3, 0.4) is 0 Å². The molecule has 0 saturated carbocycles. The lowest BCUT2D eigenvalue weighted by Gasteiger charge is -2.02. The minimum Gasteiger partial charge on any atom is -0.384 e. The number of benzene rings is 1. The van der Waals surface area contributed by atoms with Crippen molar-refractivity contribution >= 4 is 23.0 Å². The number of cyclic esters (lactones) is 2. The van der Waals surface area contributed by atoms with Crippen LogP contribution in [0.15, 0.2) is 36.4 Å². The van der Waals surface area contributed by atoms with E-state index in [0.29, 0.717) is 5.65 Å². The van der Waals surface area contributed by atoms with E-state index in [-0.39, 0.29) is 11.3 Å². The van der Waals surface area contributed by atoms with Crippen molar-refractivity contribution in [3.8, 4) is 5.69 Å². The Morgan fingerprint density at radius 1 is 1.10 bits per heavy atom. The van der Waals surface area contributed by atoms with Crippen LogP contribution in [-0.4, -0.2) is 26.7 Å². The lowest BCUT2D eigenvalue weighted by molar-refractivity contribution is 0.0441. The molecule has 102 valence electrons. The molecule has 0 saturated heterocycles. The molecule has 1 aromatic carbocycles. The maximum atomic E-state index is 11.6. The number of nitrogens with zero attached hydrogens (tertiary/aromatic N) is 3. The Balaban J connectivity index is 2.06. The number of ether oxygens (including phenoxy) is 1. The molecule has 0 radical (unpaired) electrons. The van der Waals surface area contributed by atoms with Crippen LogP contribution in [-0.2, 0) is 4.74 Å². The fourth-order valence-corrected chi connectivity index (χ4v) is 2.43. The molecule has 1 aliphatic rings. The van der Waals surface area contributed by atoms with E-state index in [1.54, 1.807) is 10.7 Å². The Hall–Kier alpha value is -3.02. The highest BCUT2D eigenvalue weighted by Crippen LogP contribution is 2.26. The Morgan fingerprint density at radius 3 is 2.62 bits per heavy atom. The van der Waals surface area contributed by atoms with Crippen LogP contribution in [0.1, 0.15) is 26.5 Å². The van der Waals surface area contributed by atoms with Crippen LogP contribution >= 0.6 is 0 Å². The predicted octanol–water partition coefficient (Wildman–Crippen LogP) is 2.04. The van der Waals surface area contributed by atoms with E-state index in [0.717, 1.165) is 16.8 Å². The maximum Gasteiger partial charge on any atom is 0.365 e. The zero-order valence-corrected chi connectivity index (χ0v) is 11.0. The average Bonchev–Trinajstić information content (AvgIpc) is 2.97. The van der Waals surface area contributed by atoms with Crippen LogP contribution in [0.5, 0.6) is 0 Å². The number of para-hydroxylation sites is 1. The molecule has 0 bridgehead atoms. The number of aromatic nitrogens is 3. The Morgan fingerprint density at radius 2 is 1.86 bits per heavy atom. The standard InChI is InChI=1S/C15H9N3O3/c1-8-10-7-11-12(15(20)21-14(11)19)16-13(10)18(17-8)9-5-3-2-4-6-9/h2-7H,1H3. The van der Waals surface area contributed by atoms with Gasteiger partial charge in [-0.2, -0.15) is 5.10 Å². The van der Waals surface area contributed by atoms with Gasteiger partial charge in [-0.15, -0.1) is 0 Å². The van der Waals surface area contributed by atoms with Crippen LogP contribution in [0, 0.1) is 6.92 Å². The molecule has 6 heteroatoms. The number of rotatable bonds is 1. The van der Waals surface area contributed by atoms with Crippen LogP contribution < -0.4 is 0 Å². The molecule has 3 heterocycles. The van der Waals surface area contributed by atoms with Gasteiger partial charge in [-0.05, 0) is 25.1 Å². The molecule has 2 aromatic heterocycles. The van der Waals surface area contributed by atoms with Gasteiger partial charge in [0, 0.05) is 5.39 Å². The van der Waals surface area contributed by atoms with Gasteiger partial charge in [-0.25, -0.2) is 19.3 Å². The van der Waals surface area contributed by atoms with E-state index < -0.39 is 11.9 Å². The molecule has 0 N–H and O–H groups in total. The highest BCUT2D eigenvalue weighted by atomic mass is 16.6. The normalized spacial score (nSPS) is 13.6. The second-order valence-corrected chi connectivity index (χ2v) is 4.77. The van der Waals surface area contributed by atoms with Crippen LogP contribution in [0.2, 0.25) is 0 Å². The monoisotopic (exact) mass is 279 g/mol. The van der Waals surface area contributed by atoms with Crippen molar-refractivity contribution in [3.63, 3.8) is 0 Å². The molecular weight excluding hydrogens is 270 g/mol. The Bertz CT molecular complexity index is 913. The lowest BCUT2D eigenvalue weighted by atomic mass is 10.1. The molecule has 0 aliphatic carbocycles. The molecule has 0 unspecified atom stereocenters. The zero-order valence-electron chi connectivity index (χ0n) is 11.0. The third kappa shape index (κ3) is 1.59. The van der Waals surface area contributed by atoms with Crippen molar-refractivity contribution < 1.29 is 14.3 Å². The molecule has 21 heavy (non-hydrogen) atoms. The molecule has 3 aromatic rings. The van der Waals surface area contributed by atoms with Crippen molar-refractivity contribution in [3.05, 3.63) is 53.3 Å². The highest BCUT2D eigenvalue weighted by molar-refractivity contribution is 6.15. The predicted molar refractivity (Wildman–Crippen MR) is 73.3 cm³/mol. The molecule has 6 nitrogen and oxygen atoms in total. The summed E-state index contributed by atoms with van der Waals surface area (Å²) in [4.78, 5) is 27.5. The van der Waals surface area contributed by atoms with E-state index in [9.17, 15) is 9.59 Å². The molecule has 0 atom stereocenters. The summed E-state index contributed by atoms with van der Waals surface area (Å²) < 4.78 is 6.24. The summed E-state index contributed by atoms with van der Waals surface area (Å²) in [6, 6.07) is 11.1. The van der Waals surface area contributed by atoms with E-state index in [4.69, 9.17) is 0 Å². The van der Waals surface area contributed by atoms with Crippen molar-refractivity contribution in [2.75, 3.05) is 0 Å². The quantitative estimate of drug-likeness (QED) is 0.503. The Kier molecular flexibility index (Phi) is 2.24. The van der Waals surface area contributed by atoms with Gasteiger partial charge in [0.2, 0.25) is 0 Å². The van der Waals surface area contributed by atoms with Gasteiger partial charge in [-0.1, -0.05) is 18.2 Å². The third-order valence-corrected chi connectivity index (χ3v) is 3.44. The number of esters is 2. The summed E-state index contributed by atoms with van der Waals surface area (Å²) in [6.07, 6.45) is 0. The first-order valence-corrected chi connectivity index (χ1v) is 6.37. The molecular formula is C15H9N3O3. The topological polar surface area (TPSA) is 74.1 Å². The van der Waals surface area contributed by atoms with E-state index in [2.05, 4.69) is 14.8 Å². The van der Waals surface area contributed by atoms with E-state index in [1.165, 1.54) is 0 Å². The first kappa shape index (κ1) is 11.8. The molecule has 0 amide bonds. The van der Waals surface area contributed by atoms with Gasteiger partial charge in [0.1, 0.15) is 0 Å². The average molecular weight is 279 g/mol. The van der Waals surface area contributed by atoms with E-state index >= 15 is 0 Å². The van der Waals surface area contributed by atoms with Gasteiger partial charge in [0.05, 0.1) is 16.9 Å². The van der Waals surface area contributed by atoms with Gasteiger partial charge >= 0.3 is 11.9 Å². The number of hydrogen-bond donors (Lipinski definition) is 0. The maximum absolute atomic E-state index is 11.6. The number of hydrogen-bond acceptors (Lipinski definition) is 5. The van der Waals surface area contributed by atoms with E-state index in [1.807, 2.05) is 37.3 Å². The summed E-state index contributed by atoms with van der Waals surface area (Å²) in [5.41, 5.74) is 2.34. The fraction of sp³-hybridized carbons (Fsp3) is 0.0667. The van der Waals surface area contributed by atoms with Crippen molar-refractivity contribution in [2.24, 2.45) is 0 Å². The first-order chi connectivity index (χ1) is 10.1. The van der Waals surface area contributed by atoms with Crippen molar-refractivity contribution in [2.45, 2.75) is 6.92 Å². The van der Waals surface area contributed by atoms with Gasteiger partial charge in [-0.3, -0.25) is 0 Å². The zero-order chi connectivity index (χ0) is 14.6. The summed E-state index contributed by atoms with van der Waals surface area (Å²) in [7, 11) is 0. The summed E-state index contributed by atoms with van der Waals surface area (Å²) in [6.45, 7) is 1.83. The molecule has 0 spiro atoms. The molecule has 1 aliphatic heterocycles. The number of aryl methyl sites for hydroxylation is 1. The molecule has 4 rings (SSSR count). The van der Waals surface area contributed by atoms with Crippen LogP contribution in [0.4, 0.5) is 0 Å². The summed E-state index contributed by atoms with van der Waals surface area (Å²) in [5, 5.41) is 5.17. The largest absolute Gasteiger partial charge is 0.384 e. The molecule has 0 fully saturated rings.